The summed E-state index contributed by atoms with van der Waals surface area (Å²) in [6.45, 7) is 0.159. The van der Waals surface area contributed by atoms with Crippen molar-refractivity contribution in [3.63, 3.8) is 0 Å². The summed E-state index contributed by atoms with van der Waals surface area (Å²) < 4.78 is 9.76. The number of hydrogen-bond acceptors (Lipinski definition) is 6. The van der Waals surface area contributed by atoms with Crippen LogP contribution in [0.25, 0.3) is 0 Å². The van der Waals surface area contributed by atoms with Gasteiger partial charge in [0.25, 0.3) is 0 Å². The normalized spacial score (nSPS) is 10.1. The van der Waals surface area contributed by atoms with E-state index in [2.05, 4.69) is 14.7 Å². The molecule has 0 radical (unpaired) electrons. The smallest absolute Gasteiger partial charge is 0.346 e. The molecule has 0 unspecified atom stereocenters. The lowest BCUT2D eigenvalue weighted by molar-refractivity contribution is 0.0702. The molecule has 1 N–H and O–H groups in total. The second kappa shape index (κ2) is 4.09. The Kier molecular flexibility index (Phi) is 2.64. The fourth-order valence-electron chi connectivity index (χ4n) is 0.911. The summed E-state index contributed by atoms with van der Waals surface area (Å²) in [5.41, 5.74) is 0. The number of carbonyl (C=O) groups is 1. The van der Waals surface area contributed by atoms with Gasteiger partial charge in [0.2, 0.25) is 12.2 Å². The SMILES string of the molecule is O=C(O)c1cc(OCc2ncon2)cs1. The molecule has 7 heteroatoms. The Labute approximate surface area is 88.1 Å². The maximum Gasteiger partial charge on any atom is 0.346 e. The molecule has 2 aromatic rings. The van der Waals surface area contributed by atoms with Crippen LogP contribution in [0.3, 0.4) is 0 Å². The first-order valence-electron chi connectivity index (χ1n) is 3.95. The van der Waals surface area contributed by atoms with Crippen molar-refractivity contribution < 1.29 is 19.2 Å². The quantitative estimate of drug-likeness (QED) is 0.848. The first-order valence-corrected chi connectivity index (χ1v) is 4.83. The van der Waals surface area contributed by atoms with Gasteiger partial charge in [-0.3, -0.25) is 0 Å². The van der Waals surface area contributed by atoms with Crippen LogP contribution in [0.4, 0.5) is 0 Å². The average molecular weight is 226 g/mol. The van der Waals surface area contributed by atoms with Gasteiger partial charge in [0, 0.05) is 11.4 Å². The molecule has 6 nitrogen and oxygen atoms in total. The Balaban J connectivity index is 1.96. The molecule has 0 saturated carbocycles. The number of carboxylic acids is 1. The van der Waals surface area contributed by atoms with Crippen molar-refractivity contribution in [3.05, 3.63) is 28.5 Å². The fraction of sp³-hybridized carbons (Fsp3) is 0.125. The van der Waals surface area contributed by atoms with Crippen LogP contribution < -0.4 is 4.74 Å². The number of thiophene rings is 1. The number of aromatic nitrogens is 2. The van der Waals surface area contributed by atoms with Gasteiger partial charge < -0.3 is 14.4 Å². The molecule has 15 heavy (non-hydrogen) atoms. The summed E-state index contributed by atoms with van der Waals surface area (Å²) in [6, 6.07) is 1.45. The Morgan fingerprint density at radius 2 is 2.53 bits per heavy atom. The molecule has 0 spiro atoms. The molecule has 0 aliphatic rings. The molecule has 0 aliphatic carbocycles. The molecule has 0 bridgehead atoms. The van der Waals surface area contributed by atoms with Crippen molar-refractivity contribution in [2.75, 3.05) is 0 Å². The second-order valence-electron chi connectivity index (χ2n) is 2.59. The third kappa shape index (κ3) is 2.32. The van der Waals surface area contributed by atoms with E-state index in [-0.39, 0.29) is 11.5 Å². The van der Waals surface area contributed by atoms with E-state index < -0.39 is 5.97 Å². The predicted molar refractivity (Wildman–Crippen MR) is 49.9 cm³/mol. The van der Waals surface area contributed by atoms with Crippen LogP contribution in [-0.2, 0) is 6.61 Å². The Bertz CT molecular complexity index is 451. The van der Waals surface area contributed by atoms with Gasteiger partial charge in [-0.15, -0.1) is 11.3 Å². The van der Waals surface area contributed by atoms with E-state index >= 15 is 0 Å². The van der Waals surface area contributed by atoms with Crippen LogP contribution in [0, 0.1) is 0 Å². The second-order valence-corrected chi connectivity index (χ2v) is 3.50. The van der Waals surface area contributed by atoms with Crippen LogP contribution in [0.2, 0.25) is 0 Å². The van der Waals surface area contributed by atoms with E-state index in [0.717, 1.165) is 11.3 Å². The zero-order chi connectivity index (χ0) is 10.7. The minimum Gasteiger partial charge on any atom is -0.485 e. The van der Waals surface area contributed by atoms with Crippen molar-refractivity contribution >= 4 is 17.3 Å². The minimum absolute atomic E-state index is 0.159. The van der Waals surface area contributed by atoms with Crippen molar-refractivity contribution in [2.24, 2.45) is 0 Å². The maximum atomic E-state index is 10.6. The number of aromatic carboxylic acids is 1. The lowest BCUT2D eigenvalue weighted by atomic mass is 10.4. The summed E-state index contributed by atoms with van der Waals surface area (Å²) in [6.07, 6.45) is 1.20. The predicted octanol–water partition coefficient (Wildman–Crippen LogP) is 1.41. The highest BCUT2D eigenvalue weighted by molar-refractivity contribution is 7.12. The van der Waals surface area contributed by atoms with Crippen LogP contribution in [0.1, 0.15) is 15.5 Å². The van der Waals surface area contributed by atoms with Gasteiger partial charge in [-0.1, -0.05) is 5.16 Å². The highest BCUT2D eigenvalue weighted by Gasteiger charge is 2.08. The summed E-state index contributed by atoms with van der Waals surface area (Å²) in [4.78, 5) is 14.6. The monoisotopic (exact) mass is 226 g/mol. The molecule has 78 valence electrons. The van der Waals surface area contributed by atoms with Gasteiger partial charge in [-0.25, -0.2) is 4.79 Å². The first-order chi connectivity index (χ1) is 7.25. The first kappa shape index (κ1) is 9.66. The molecular formula is C8H6N2O4S. The van der Waals surface area contributed by atoms with Gasteiger partial charge in [0.05, 0.1) is 0 Å². The number of nitrogens with zero attached hydrogens (tertiary/aromatic N) is 2. The van der Waals surface area contributed by atoms with E-state index in [1.54, 1.807) is 5.38 Å². The zero-order valence-corrected chi connectivity index (χ0v) is 8.23. The maximum absolute atomic E-state index is 10.6. The molecule has 0 aliphatic heterocycles. The van der Waals surface area contributed by atoms with Gasteiger partial charge >= 0.3 is 5.97 Å². The highest BCUT2D eigenvalue weighted by atomic mass is 32.1. The van der Waals surface area contributed by atoms with Gasteiger partial charge in [-0.2, -0.15) is 4.98 Å². The Morgan fingerprint density at radius 1 is 1.67 bits per heavy atom. The lowest BCUT2D eigenvalue weighted by Crippen LogP contribution is -1.96. The van der Waals surface area contributed by atoms with E-state index in [1.807, 2.05) is 0 Å². The van der Waals surface area contributed by atoms with E-state index in [0.29, 0.717) is 11.6 Å². The molecule has 0 saturated heterocycles. The number of carboxylic acid groups (broad SMARTS) is 1. The third-order valence-electron chi connectivity index (χ3n) is 1.56. The zero-order valence-electron chi connectivity index (χ0n) is 7.41. The molecule has 0 amide bonds. The van der Waals surface area contributed by atoms with Gasteiger partial charge in [-0.05, 0) is 0 Å². The number of ether oxygens (including phenoxy) is 1. The molecule has 2 rings (SSSR count). The molecule has 0 aromatic carbocycles. The minimum atomic E-state index is -0.964. The van der Waals surface area contributed by atoms with Crippen molar-refractivity contribution in [1.29, 1.82) is 0 Å². The molecule has 2 heterocycles. The van der Waals surface area contributed by atoms with Crippen LogP contribution in [0.15, 0.2) is 22.4 Å². The Hall–Kier alpha value is -1.89. The van der Waals surface area contributed by atoms with Crippen molar-refractivity contribution in [2.45, 2.75) is 6.61 Å². The summed E-state index contributed by atoms with van der Waals surface area (Å²) in [5.74, 6) is -0.0605. The molecule has 0 fully saturated rings. The molecule has 2 aromatic heterocycles. The van der Waals surface area contributed by atoms with Gasteiger partial charge in [0.1, 0.15) is 10.6 Å². The Morgan fingerprint density at radius 3 is 3.13 bits per heavy atom. The molecule has 0 atom stereocenters. The van der Waals surface area contributed by atoms with Crippen LogP contribution in [0.5, 0.6) is 5.75 Å². The van der Waals surface area contributed by atoms with Crippen LogP contribution >= 0.6 is 11.3 Å². The number of rotatable bonds is 4. The van der Waals surface area contributed by atoms with E-state index in [1.165, 1.54) is 12.5 Å². The largest absolute Gasteiger partial charge is 0.485 e. The highest BCUT2D eigenvalue weighted by Crippen LogP contribution is 2.21. The van der Waals surface area contributed by atoms with Crippen molar-refractivity contribution in [1.82, 2.24) is 10.1 Å². The lowest BCUT2D eigenvalue weighted by Gasteiger charge is -1.97. The summed E-state index contributed by atoms with van der Waals surface area (Å²) in [5, 5.41) is 13.8. The summed E-state index contributed by atoms with van der Waals surface area (Å²) in [7, 11) is 0. The number of hydrogen-bond donors (Lipinski definition) is 1. The van der Waals surface area contributed by atoms with Crippen LogP contribution in [-0.4, -0.2) is 21.2 Å². The van der Waals surface area contributed by atoms with Crippen molar-refractivity contribution in [3.8, 4) is 5.75 Å². The summed E-state index contributed by atoms with van der Waals surface area (Å²) >= 11 is 1.11. The third-order valence-corrected chi connectivity index (χ3v) is 2.46. The topological polar surface area (TPSA) is 85.5 Å². The van der Waals surface area contributed by atoms with Gasteiger partial charge in [0.15, 0.2) is 6.61 Å². The van der Waals surface area contributed by atoms with E-state index in [9.17, 15) is 4.79 Å². The van der Waals surface area contributed by atoms with E-state index in [4.69, 9.17) is 9.84 Å². The molecular weight excluding hydrogens is 220 g/mol. The average Bonchev–Trinajstić information content (AvgIpc) is 2.86. The fourth-order valence-corrected chi connectivity index (χ4v) is 1.57. The standard InChI is InChI=1S/C8H6N2O4S/c11-8(12)6-1-5(3-15-6)13-2-7-9-4-14-10-7/h1,3-4H,2H2,(H,11,12).